The number of nitrogens with zero attached hydrogens (tertiary/aromatic N) is 1. The van der Waals surface area contributed by atoms with Crippen molar-refractivity contribution in [1.29, 1.82) is 0 Å². The van der Waals surface area contributed by atoms with Crippen LogP contribution in [-0.4, -0.2) is 19.9 Å². The maximum absolute atomic E-state index is 6.14. The second-order valence-corrected chi connectivity index (χ2v) is 5.61. The second kappa shape index (κ2) is 8.09. The summed E-state index contributed by atoms with van der Waals surface area (Å²) in [6, 6.07) is 11.0. The summed E-state index contributed by atoms with van der Waals surface area (Å²) in [7, 11) is 3.23. The fourth-order valence-corrected chi connectivity index (χ4v) is 2.63. The molecule has 122 valence electrons. The Balaban J connectivity index is 2.14. The predicted molar refractivity (Wildman–Crippen MR) is 95.1 cm³/mol. The third-order valence-corrected chi connectivity index (χ3v) is 4.07. The third kappa shape index (κ3) is 4.30. The molecule has 2 rings (SSSR count). The van der Waals surface area contributed by atoms with E-state index >= 15 is 0 Å². The summed E-state index contributed by atoms with van der Waals surface area (Å²) in [5.41, 5.74) is 5.47. The largest absolute Gasteiger partial charge is 0.497 e. The van der Waals surface area contributed by atoms with Crippen molar-refractivity contribution in [2.75, 3.05) is 14.2 Å². The van der Waals surface area contributed by atoms with Gasteiger partial charge >= 0.3 is 0 Å². The highest BCUT2D eigenvalue weighted by Gasteiger charge is 2.09. The maximum atomic E-state index is 6.14. The van der Waals surface area contributed by atoms with Crippen LogP contribution < -0.4 is 14.9 Å². The quantitative estimate of drug-likeness (QED) is 0.613. The summed E-state index contributed by atoms with van der Waals surface area (Å²) in [4.78, 5) is 0. The summed E-state index contributed by atoms with van der Waals surface area (Å²) >= 11 is 12.3. The molecule has 2 aromatic carbocycles. The van der Waals surface area contributed by atoms with Gasteiger partial charge in [-0.25, -0.2) is 0 Å². The summed E-state index contributed by atoms with van der Waals surface area (Å²) in [6.07, 6.45) is 0. The highest BCUT2D eigenvalue weighted by Crippen LogP contribution is 2.26. The molecule has 0 aliphatic carbocycles. The number of rotatable bonds is 6. The van der Waals surface area contributed by atoms with E-state index < -0.39 is 0 Å². The zero-order valence-corrected chi connectivity index (χ0v) is 14.7. The molecular weight excluding hydrogens is 335 g/mol. The van der Waals surface area contributed by atoms with Crippen molar-refractivity contribution >= 4 is 28.9 Å². The van der Waals surface area contributed by atoms with Crippen LogP contribution in [0, 0.1) is 0 Å². The molecule has 6 heteroatoms. The number of methoxy groups -OCH3 is 2. The molecule has 0 unspecified atom stereocenters. The van der Waals surface area contributed by atoms with Crippen molar-refractivity contribution in [3.63, 3.8) is 0 Å². The van der Waals surface area contributed by atoms with Crippen molar-refractivity contribution in [3.05, 3.63) is 57.6 Å². The Morgan fingerprint density at radius 3 is 2.39 bits per heavy atom. The molecule has 0 bridgehead atoms. The molecule has 0 amide bonds. The van der Waals surface area contributed by atoms with Gasteiger partial charge in [-0.05, 0) is 31.2 Å². The van der Waals surface area contributed by atoms with Crippen molar-refractivity contribution in [1.82, 2.24) is 5.43 Å². The lowest BCUT2D eigenvalue weighted by Crippen LogP contribution is -2.11. The molecule has 0 atom stereocenters. The van der Waals surface area contributed by atoms with E-state index in [1.807, 2.05) is 31.2 Å². The second-order valence-electron chi connectivity index (χ2n) is 4.80. The van der Waals surface area contributed by atoms with Crippen LogP contribution in [0.1, 0.15) is 18.1 Å². The molecular formula is C17H18Cl2N2O2. The first kappa shape index (κ1) is 17.4. The standard InChI is InChI=1S/C17H18Cl2N2O2/c1-11(13-8-7-12(22-2)9-17(13)23-3)21-20-10-14-15(18)5-4-6-16(14)19/h4-9,20H,10H2,1-3H3/b21-11-. The molecule has 4 nitrogen and oxygen atoms in total. The van der Waals surface area contributed by atoms with Gasteiger partial charge in [0.15, 0.2) is 0 Å². The first-order chi connectivity index (χ1) is 11.1. The lowest BCUT2D eigenvalue weighted by atomic mass is 10.1. The van der Waals surface area contributed by atoms with Crippen LogP contribution in [0.5, 0.6) is 11.5 Å². The average Bonchev–Trinajstić information content (AvgIpc) is 2.56. The first-order valence-corrected chi connectivity index (χ1v) is 7.75. The van der Waals surface area contributed by atoms with E-state index in [1.54, 1.807) is 26.4 Å². The van der Waals surface area contributed by atoms with Crippen LogP contribution in [0.25, 0.3) is 0 Å². The third-order valence-electron chi connectivity index (χ3n) is 3.36. The van der Waals surface area contributed by atoms with Crippen molar-refractivity contribution < 1.29 is 9.47 Å². The zero-order chi connectivity index (χ0) is 16.8. The minimum Gasteiger partial charge on any atom is -0.497 e. The molecule has 0 saturated carbocycles. The Morgan fingerprint density at radius 1 is 1.09 bits per heavy atom. The van der Waals surface area contributed by atoms with E-state index in [-0.39, 0.29) is 0 Å². The van der Waals surface area contributed by atoms with Crippen LogP contribution in [0.2, 0.25) is 10.0 Å². The molecule has 0 spiro atoms. The fraction of sp³-hybridized carbons (Fsp3) is 0.235. The molecule has 2 aromatic rings. The number of ether oxygens (including phenoxy) is 2. The zero-order valence-electron chi connectivity index (χ0n) is 13.2. The van der Waals surface area contributed by atoms with Crippen molar-refractivity contribution in [3.8, 4) is 11.5 Å². The first-order valence-electron chi connectivity index (χ1n) is 6.99. The Labute approximate surface area is 146 Å². The van der Waals surface area contributed by atoms with E-state index in [4.69, 9.17) is 32.7 Å². The van der Waals surface area contributed by atoms with Gasteiger partial charge in [0.2, 0.25) is 0 Å². The van der Waals surface area contributed by atoms with Crippen LogP contribution in [0.4, 0.5) is 0 Å². The van der Waals surface area contributed by atoms with E-state index in [9.17, 15) is 0 Å². The van der Waals surface area contributed by atoms with Crippen molar-refractivity contribution in [2.24, 2.45) is 5.10 Å². The van der Waals surface area contributed by atoms with E-state index in [0.29, 0.717) is 22.3 Å². The number of nitrogens with one attached hydrogen (secondary N) is 1. The smallest absolute Gasteiger partial charge is 0.131 e. The van der Waals surface area contributed by atoms with Gasteiger partial charge in [0, 0.05) is 27.2 Å². The number of benzene rings is 2. The number of hydrogen-bond donors (Lipinski definition) is 1. The van der Waals surface area contributed by atoms with E-state index in [1.165, 1.54) is 0 Å². The SMILES string of the molecule is COc1ccc(/C(C)=N\NCc2c(Cl)cccc2Cl)c(OC)c1. The summed E-state index contributed by atoms with van der Waals surface area (Å²) < 4.78 is 10.6. The lowest BCUT2D eigenvalue weighted by molar-refractivity contribution is 0.394. The van der Waals surface area contributed by atoms with Gasteiger partial charge in [0.1, 0.15) is 11.5 Å². The molecule has 0 heterocycles. The van der Waals surface area contributed by atoms with Crippen LogP contribution in [-0.2, 0) is 6.54 Å². The average molecular weight is 353 g/mol. The topological polar surface area (TPSA) is 42.8 Å². The Bertz CT molecular complexity index is 697. The van der Waals surface area contributed by atoms with Gasteiger partial charge in [-0.1, -0.05) is 29.3 Å². The van der Waals surface area contributed by atoms with Gasteiger partial charge < -0.3 is 14.9 Å². The summed E-state index contributed by atoms with van der Waals surface area (Å²) in [6.45, 7) is 2.33. The van der Waals surface area contributed by atoms with Gasteiger partial charge in [0.25, 0.3) is 0 Å². The van der Waals surface area contributed by atoms with Gasteiger partial charge in [-0.2, -0.15) is 5.10 Å². The van der Waals surface area contributed by atoms with Crippen molar-refractivity contribution in [2.45, 2.75) is 13.5 Å². The van der Waals surface area contributed by atoms with Crippen LogP contribution >= 0.6 is 23.2 Å². The number of halogens is 2. The molecule has 0 aliphatic rings. The van der Waals surface area contributed by atoms with Gasteiger partial charge in [0.05, 0.1) is 26.5 Å². The Hall–Kier alpha value is -1.91. The Morgan fingerprint density at radius 2 is 1.78 bits per heavy atom. The maximum Gasteiger partial charge on any atom is 0.131 e. The van der Waals surface area contributed by atoms with E-state index in [2.05, 4.69) is 10.5 Å². The molecule has 23 heavy (non-hydrogen) atoms. The van der Waals surface area contributed by atoms with Crippen LogP contribution in [0.3, 0.4) is 0 Å². The number of hydrogen-bond acceptors (Lipinski definition) is 4. The predicted octanol–water partition coefficient (Wildman–Crippen LogP) is 4.52. The molecule has 0 aliphatic heterocycles. The Kier molecular flexibility index (Phi) is 6.13. The molecule has 0 aromatic heterocycles. The highest BCUT2D eigenvalue weighted by molar-refractivity contribution is 6.35. The van der Waals surface area contributed by atoms with Gasteiger partial charge in [-0.15, -0.1) is 0 Å². The molecule has 1 N–H and O–H groups in total. The number of hydrazone groups is 1. The normalized spacial score (nSPS) is 11.3. The minimum atomic E-state index is 0.439. The summed E-state index contributed by atoms with van der Waals surface area (Å²) in [5.74, 6) is 1.43. The minimum absolute atomic E-state index is 0.439. The molecule has 0 radical (unpaired) electrons. The van der Waals surface area contributed by atoms with Crippen LogP contribution in [0.15, 0.2) is 41.5 Å². The van der Waals surface area contributed by atoms with Gasteiger partial charge in [-0.3, -0.25) is 0 Å². The molecule has 0 fully saturated rings. The molecule has 0 saturated heterocycles. The van der Waals surface area contributed by atoms with E-state index in [0.717, 1.165) is 22.6 Å². The summed E-state index contributed by atoms with van der Waals surface area (Å²) in [5, 5.41) is 5.59. The monoisotopic (exact) mass is 352 g/mol. The fourth-order valence-electron chi connectivity index (χ4n) is 2.10. The highest BCUT2D eigenvalue weighted by atomic mass is 35.5. The lowest BCUT2D eigenvalue weighted by Gasteiger charge is -2.11.